The number of aryl methyl sites for hydroxylation is 1. The van der Waals surface area contributed by atoms with E-state index in [2.05, 4.69) is 26.3 Å². The number of para-hydroxylation sites is 1. The molecule has 0 radical (unpaired) electrons. The number of piperidine rings is 1. The molecule has 4 N–H and O–H groups in total. The fraction of sp³-hybridized carbons (Fsp3) is 0.464. The van der Waals surface area contributed by atoms with Gasteiger partial charge in [-0.05, 0) is 68.0 Å². The number of fused-ring (bicyclic) bond motifs is 1. The Balaban J connectivity index is 1.36. The Morgan fingerprint density at radius 1 is 1.22 bits per heavy atom. The average Bonchev–Trinajstić information content (AvgIpc) is 2.87. The summed E-state index contributed by atoms with van der Waals surface area (Å²) in [6.07, 6.45) is 6.08. The minimum atomic E-state index is -0.563. The fourth-order valence-electron chi connectivity index (χ4n) is 5.47. The van der Waals surface area contributed by atoms with Crippen molar-refractivity contribution in [2.24, 2.45) is 5.73 Å². The van der Waals surface area contributed by atoms with Gasteiger partial charge >= 0.3 is 0 Å². The number of nitrogens with one attached hydrogen (secondary N) is 1. The van der Waals surface area contributed by atoms with Gasteiger partial charge in [-0.15, -0.1) is 0 Å². The van der Waals surface area contributed by atoms with Crippen LogP contribution in [0.25, 0.3) is 10.9 Å². The number of amides is 1. The number of likely N-dealkylation sites (tertiary alicyclic amines) is 1. The smallest absolute Gasteiger partial charge is 0.270 e. The van der Waals surface area contributed by atoms with E-state index in [4.69, 9.17) is 5.73 Å². The van der Waals surface area contributed by atoms with E-state index in [1.54, 1.807) is 12.1 Å². The van der Waals surface area contributed by atoms with E-state index in [0.29, 0.717) is 18.4 Å². The molecular weight excluding hydrogens is 457 g/mol. The van der Waals surface area contributed by atoms with Crippen molar-refractivity contribution in [2.75, 3.05) is 13.1 Å². The maximum atomic E-state index is 14.8. The third kappa shape index (κ3) is 5.12. The lowest BCUT2D eigenvalue weighted by Gasteiger charge is -2.39. The molecule has 1 aromatic carbocycles. The van der Waals surface area contributed by atoms with Crippen LogP contribution in [0.4, 0.5) is 4.39 Å². The van der Waals surface area contributed by atoms with Crippen LogP contribution < -0.4 is 11.1 Å². The van der Waals surface area contributed by atoms with Crippen LogP contribution in [-0.2, 0) is 12.1 Å². The lowest BCUT2D eigenvalue weighted by Crippen LogP contribution is -2.48. The van der Waals surface area contributed by atoms with Crippen LogP contribution in [0.3, 0.4) is 0 Å². The number of aliphatic hydroxyl groups is 1. The number of carbonyl (C=O) groups is 1. The van der Waals surface area contributed by atoms with Gasteiger partial charge in [-0.3, -0.25) is 14.7 Å². The summed E-state index contributed by atoms with van der Waals surface area (Å²) in [6.45, 7) is 4.13. The van der Waals surface area contributed by atoms with E-state index in [9.17, 15) is 14.3 Å². The zero-order chi connectivity index (χ0) is 25.3. The molecule has 3 aromatic rings. The van der Waals surface area contributed by atoms with Gasteiger partial charge in [0.1, 0.15) is 17.0 Å². The second-order valence-electron chi connectivity index (χ2n) is 10.4. The highest BCUT2D eigenvalue weighted by molar-refractivity contribution is 5.96. The molecule has 2 aromatic heterocycles. The lowest BCUT2D eigenvalue weighted by atomic mass is 9.84. The third-order valence-electron chi connectivity index (χ3n) is 7.72. The molecule has 1 saturated carbocycles. The first-order valence-electron chi connectivity index (χ1n) is 12.8. The minimum absolute atomic E-state index is 0.175. The molecule has 3 heterocycles. The van der Waals surface area contributed by atoms with Gasteiger partial charge in [-0.2, -0.15) is 0 Å². The first-order chi connectivity index (χ1) is 17.3. The molecule has 5 rings (SSSR count). The highest BCUT2D eigenvalue weighted by Crippen LogP contribution is 2.31. The van der Waals surface area contributed by atoms with E-state index >= 15 is 0 Å². The molecule has 36 heavy (non-hydrogen) atoms. The number of halogens is 1. The third-order valence-corrected chi connectivity index (χ3v) is 7.72. The molecule has 190 valence electrons. The number of aromatic nitrogens is 2. The maximum absolute atomic E-state index is 14.8. The van der Waals surface area contributed by atoms with E-state index < -0.39 is 17.5 Å². The zero-order valence-corrected chi connectivity index (χ0v) is 20.7. The molecule has 8 heteroatoms. The van der Waals surface area contributed by atoms with Gasteiger partial charge in [0.2, 0.25) is 0 Å². The standard InChI is InChI=1S/C28H34FN5O2/c1-18-9-12-31-25(15-18)28(30)10-13-34(14-11-28)17-19-16-23(32-26-20(19)5-4-6-21(26)29)27(36)33-22-7-2-3-8-24(22)35/h4-6,9,12,15-16,22,24,35H,2-3,7-8,10-11,13-14,17,30H2,1H3,(H,33,36)/t22-,24-/m0/s1. The maximum Gasteiger partial charge on any atom is 0.270 e. The Morgan fingerprint density at radius 3 is 2.75 bits per heavy atom. The van der Waals surface area contributed by atoms with Gasteiger partial charge in [0, 0.05) is 31.2 Å². The largest absolute Gasteiger partial charge is 0.391 e. The van der Waals surface area contributed by atoms with Crippen molar-refractivity contribution in [2.45, 2.75) is 69.7 Å². The Kier molecular flexibility index (Phi) is 7.01. The van der Waals surface area contributed by atoms with Crippen molar-refractivity contribution >= 4 is 16.8 Å². The number of hydrogen-bond acceptors (Lipinski definition) is 6. The number of carbonyl (C=O) groups excluding carboxylic acids is 1. The summed E-state index contributed by atoms with van der Waals surface area (Å²) in [5.41, 5.74) is 9.57. The van der Waals surface area contributed by atoms with E-state index in [0.717, 1.165) is 62.0 Å². The topological polar surface area (TPSA) is 104 Å². The molecule has 0 unspecified atom stereocenters. The first-order valence-corrected chi connectivity index (χ1v) is 12.8. The summed E-state index contributed by atoms with van der Waals surface area (Å²) in [5, 5.41) is 13.9. The average molecular weight is 492 g/mol. The Morgan fingerprint density at radius 2 is 2.00 bits per heavy atom. The van der Waals surface area contributed by atoms with Crippen LogP contribution in [-0.4, -0.2) is 51.1 Å². The predicted octanol–water partition coefficient (Wildman–Crippen LogP) is 3.56. The van der Waals surface area contributed by atoms with Gasteiger partial charge in [0.05, 0.1) is 23.4 Å². The number of benzene rings is 1. The quantitative estimate of drug-likeness (QED) is 0.504. The Hall–Kier alpha value is -2.94. The van der Waals surface area contributed by atoms with E-state index in [1.165, 1.54) is 6.07 Å². The normalized spacial score (nSPS) is 22.4. The summed E-state index contributed by atoms with van der Waals surface area (Å²) in [6, 6.07) is 10.4. The summed E-state index contributed by atoms with van der Waals surface area (Å²) < 4.78 is 14.8. The monoisotopic (exact) mass is 491 g/mol. The predicted molar refractivity (Wildman–Crippen MR) is 137 cm³/mol. The molecule has 7 nitrogen and oxygen atoms in total. The zero-order valence-electron chi connectivity index (χ0n) is 20.7. The minimum Gasteiger partial charge on any atom is -0.391 e. The fourth-order valence-corrected chi connectivity index (χ4v) is 5.47. The number of aliphatic hydroxyl groups excluding tert-OH is 1. The van der Waals surface area contributed by atoms with Crippen molar-refractivity contribution in [1.29, 1.82) is 0 Å². The molecule has 2 atom stereocenters. The Labute approximate surface area is 210 Å². The summed E-state index contributed by atoms with van der Waals surface area (Å²) >= 11 is 0. The molecule has 1 aliphatic heterocycles. The van der Waals surface area contributed by atoms with Crippen LogP contribution >= 0.6 is 0 Å². The van der Waals surface area contributed by atoms with Crippen molar-refractivity contribution in [3.63, 3.8) is 0 Å². The first kappa shape index (κ1) is 24.7. The van der Waals surface area contributed by atoms with E-state index in [-0.39, 0.29) is 23.2 Å². The van der Waals surface area contributed by atoms with Crippen LogP contribution in [0.1, 0.15) is 65.8 Å². The van der Waals surface area contributed by atoms with Gasteiger partial charge in [-0.25, -0.2) is 9.37 Å². The van der Waals surface area contributed by atoms with Crippen LogP contribution in [0.15, 0.2) is 42.6 Å². The lowest BCUT2D eigenvalue weighted by molar-refractivity contribution is 0.0714. The van der Waals surface area contributed by atoms with Crippen molar-refractivity contribution in [1.82, 2.24) is 20.2 Å². The highest BCUT2D eigenvalue weighted by Gasteiger charge is 2.34. The summed E-state index contributed by atoms with van der Waals surface area (Å²) in [7, 11) is 0. The second-order valence-corrected chi connectivity index (χ2v) is 10.4. The number of hydrogen-bond donors (Lipinski definition) is 3. The van der Waals surface area contributed by atoms with Crippen molar-refractivity contribution < 1.29 is 14.3 Å². The van der Waals surface area contributed by atoms with Crippen LogP contribution in [0, 0.1) is 12.7 Å². The molecule has 2 fully saturated rings. The molecule has 1 saturated heterocycles. The number of nitrogens with two attached hydrogens (primary N) is 1. The molecule has 0 bridgehead atoms. The summed E-state index contributed by atoms with van der Waals surface area (Å²) in [4.78, 5) is 24.3. The van der Waals surface area contributed by atoms with Gasteiger partial charge in [0.15, 0.2) is 0 Å². The molecule has 1 amide bonds. The van der Waals surface area contributed by atoms with Gasteiger partial charge in [-0.1, -0.05) is 25.0 Å². The van der Waals surface area contributed by atoms with Crippen LogP contribution in [0.2, 0.25) is 0 Å². The Bertz CT molecular complexity index is 1260. The molecule has 0 spiro atoms. The second kappa shape index (κ2) is 10.2. The highest BCUT2D eigenvalue weighted by atomic mass is 19.1. The number of nitrogens with zero attached hydrogens (tertiary/aromatic N) is 3. The SMILES string of the molecule is Cc1ccnc(C2(N)CCN(Cc3cc(C(=O)N[C@H]4CCCC[C@@H]4O)nc4c(F)cccc34)CC2)c1. The van der Waals surface area contributed by atoms with Gasteiger partial charge < -0.3 is 16.2 Å². The number of pyridine rings is 2. The van der Waals surface area contributed by atoms with Crippen LogP contribution in [0.5, 0.6) is 0 Å². The molecule has 1 aliphatic carbocycles. The summed E-state index contributed by atoms with van der Waals surface area (Å²) in [5.74, 6) is -0.830. The van der Waals surface area contributed by atoms with Crippen molar-refractivity contribution in [3.8, 4) is 0 Å². The van der Waals surface area contributed by atoms with Crippen molar-refractivity contribution in [3.05, 3.63) is 70.9 Å². The molecule has 2 aliphatic rings. The number of rotatable bonds is 5. The molecular formula is C28H34FN5O2. The van der Waals surface area contributed by atoms with E-state index in [1.807, 2.05) is 25.3 Å². The van der Waals surface area contributed by atoms with Gasteiger partial charge in [0.25, 0.3) is 5.91 Å².